The van der Waals surface area contributed by atoms with Crippen LogP contribution in [0.2, 0.25) is 0 Å². The summed E-state index contributed by atoms with van der Waals surface area (Å²) in [6, 6.07) is 0. The highest BCUT2D eigenvalue weighted by Gasteiger charge is 2.80. The summed E-state index contributed by atoms with van der Waals surface area (Å²) in [7, 11) is 0. The van der Waals surface area contributed by atoms with Crippen LogP contribution in [0.25, 0.3) is 0 Å². The topological polar surface area (TPSA) is 26.3 Å². The molecule has 0 aliphatic heterocycles. The maximum Gasteiger partial charge on any atom is 0.308 e. The molecule has 106 valence electrons. The average molecular weight is 262 g/mol. The van der Waals surface area contributed by atoms with Gasteiger partial charge in [0.2, 0.25) is 0 Å². The molecule has 6 unspecified atom stereocenters. The van der Waals surface area contributed by atoms with Gasteiger partial charge in [-0.2, -0.15) is 0 Å². The number of carbonyl (C=O) groups excluding carboxylic acids is 1. The highest BCUT2D eigenvalue weighted by molar-refractivity contribution is 5.72. The predicted molar refractivity (Wildman–Crippen MR) is 73.4 cm³/mol. The van der Waals surface area contributed by atoms with E-state index in [1.165, 1.54) is 25.7 Å². The molecular formula is C17H26O2. The van der Waals surface area contributed by atoms with Gasteiger partial charge in [0.25, 0.3) is 0 Å². The third-order valence-corrected chi connectivity index (χ3v) is 7.08. The zero-order valence-electron chi connectivity index (χ0n) is 12.6. The highest BCUT2D eigenvalue weighted by atomic mass is 16.6. The third-order valence-electron chi connectivity index (χ3n) is 7.08. The lowest BCUT2D eigenvalue weighted by molar-refractivity contribution is -0.189. The van der Waals surface area contributed by atoms with Gasteiger partial charge < -0.3 is 4.74 Å². The summed E-state index contributed by atoms with van der Waals surface area (Å²) in [5.74, 6) is 3.67. The van der Waals surface area contributed by atoms with Crippen molar-refractivity contribution < 1.29 is 9.53 Å². The summed E-state index contributed by atoms with van der Waals surface area (Å²) < 4.78 is 6.21. The van der Waals surface area contributed by atoms with Crippen LogP contribution in [0.1, 0.15) is 53.4 Å². The first-order valence-electron chi connectivity index (χ1n) is 8.14. The average Bonchev–Trinajstić information content (AvgIpc) is 3.01. The Labute approximate surface area is 116 Å². The summed E-state index contributed by atoms with van der Waals surface area (Å²) in [6.45, 7) is 8.45. The normalized spacial score (nSPS) is 52.9. The van der Waals surface area contributed by atoms with E-state index in [4.69, 9.17) is 4.74 Å². The maximum absolute atomic E-state index is 12.2. The molecule has 1 spiro atoms. The van der Waals surface area contributed by atoms with Gasteiger partial charge in [-0.1, -0.05) is 27.7 Å². The van der Waals surface area contributed by atoms with Crippen molar-refractivity contribution in [3.05, 3.63) is 0 Å². The van der Waals surface area contributed by atoms with Gasteiger partial charge in [0.1, 0.15) is 5.60 Å². The van der Waals surface area contributed by atoms with Gasteiger partial charge in [-0.15, -0.1) is 0 Å². The fraction of sp³-hybridized carbons (Fsp3) is 0.941. The van der Waals surface area contributed by atoms with Crippen molar-refractivity contribution in [2.45, 2.75) is 59.0 Å². The van der Waals surface area contributed by atoms with E-state index in [0.717, 1.165) is 17.3 Å². The van der Waals surface area contributed by atoms with E-state index in [0.29, 0.717) is 17.8 Å². The first-order valence-corrected chi connectivity index (χ1v) is 8.14. The van der Waals surface area contributed by atoms with Crippen LogP contribution in [0.4, 0.5) is 0 Å². The summed E-state index contributed by atoms with van der Waals surface area (Å²) in [4.78, 5) is 12.2. The van der Waals surface area contributed by atoms with Crippen molar-refractivity contribution in [3.8, 4) is 0 Å². The van der Waals surface area contributed by atoms with Gasteiger partial charge in [-0.3, -0.25) is 4.79 Å². The van der Waals surface area contributed by atoms with E-state index in [-0.39, 0.29) is 17.5 Å². The molecule has 2 nitrogen and oxygen atoms in total. The lowest BCUT2D eigenvalue weighted by Crippen LogP contribution is -2.53. The van der Waals surface area contributed by atoms with Crippen molar-refractivity contribution >= 4 is 5.97 Å². The Kier molecular flexibility index (Phi) is 2.17. The molecule has 2 bridgehead atoms. The minimum atomic E-state index is -0.120. The van der Waals surface area contributed by atoms with E-state index in [1.54, 1.807) is 0 Å². The zero-order valence-corrected chi connectivity index (χ0v) is 12.6. The predicted octanol–water partition coefficient (Wildman–Crippen LogP) is 3.65. The van der Waals surface area contributed by atoms with Crippen molar-refractivity contribution in [1.82, 2.24) is 0 Å². The van der Waals surface area contributed by atoms with Gasteiger partial charge in [0, 0.05) is 5.92 Å². The van der Waals surface area contributed by atoms with Gasteiger partial charge >= 0.3 is 5.97 Å². The van der Waals surface area contributed by atoms with E-state index >= 15 is 0 Å². The molecule has 0 aromatic rings. The number of rotatable bonds is 3. The molecule has 0 aromatic heterocycles. The SMILES string of the molecule is CC(C)C(=O)OC1(C(C)C)C2CC3CC34CC1C4C2. The zero-order chi connectivity index (χ0) is 13.6. The van der Waals surface area contributed by atoms with Gasteiger partial charge in [-0.05, 0) is 54.8 Å². The number of hydrogen-bond acceptors (Lipinski definition) is 2. The lowest BCUT2D eigenvalue weighted by Gasteiger charge is -2.50. The van der Waals surface area contributed by atoms with Crippen LogP contribution in [-0.2, 0) is 9.53 Å². The van der Waals surface area contributed by atoms with Gasteiger partial charge in [0.15, 0.2) is 0 Å². The molecule has 0 N–H and O–H groups in total. The number of hydrogen-bond donors (Lipinski definition) is 0. The summed E-state index contributed by atoms with van der Waals surface area (Å²) in [5, 5.41) is 0. The Hall–Kier alpha value is -0.530. The van der Waals surface area contributed by atoms with E-state index in [1.807, 2.05) is 13.8 Å². The van der Waals surface area contributed by atoms with Crippen LogP contribution in [0.5, 0.6) is 0 Å². The fourth-order valence-electron chi connectivity index (χ4n) is 6.12. The number of ether oxygens (including phenoxy) is 1. The van der Waals surface area contributed by atoms with Crippen molar-refractivity contribution in [1.29, 1.82) is 0 Å². The summed E-state index contributed by atoms with van der Waals surface area (Å²) in [6.07, 6.45) is 5.50. The van der Waals surface area contributed by atoms with E-state index in [9.17, 15) is 4.79 Å². The Morgan fingerprint density at radius 2 is 1.79 bits per heavy atom. The molecule has 4 aliphatic carbocycles. The lowest BCUT2D eigenvalue weighted by atomic mass is 9.58. The van der Waals surface area contributed by atoms with E-state index < -0.39 is 0 Å². The largest absolute Gasteiger partial charge is 0.458 e. The molecule has 6 atom stereocenters. The van der Waals surface area contributed by atoms with Crippen molar-refractivity contribution in [2.75, 3.05) is 0 Å². The molecule has 19 heavy (non-hydrogen) atoms. The standard InChI is InChI=1S/C17H26O2/c1-9(2)15(18)19-17(10(3)4)11-5-12-7-16(12)8-14(17)13(16)6-11/h9-14H,5-8H2,1-4H3. The Morgan fingerprint density at radius 1 is 1.05 bits per heavy atom. The maximum atomic E-state index is 12.2. The van der Waals surface area contributed by atoms with Crippen LogP contribution in [0.3, 0.4) is 0 Å². The second kappa shape index (κ2) is 3.38. The van der Waals surface area contributed by atoms with Crippen LogP contribution in [0, 0.1) is 40.9 Å². The molecule has 0 amide bonds. The summed E-state index contributed by atoms with van der Waals surface area (Å²) in [5.41, 5.74) is 0.604. The molecule has 0 heterocycles. The summed E-state index contributed by atoms with van der Waals surface area (Å²) >= 11 is 0. The molecule has 0 radical (unpaired) electrons. The first-order chi connectivity index (χ1) is 8.92. The molecule has 0 aromatic carbocycles. The third kappa shape index (κ3) is 1.22. The van der Waals surface area contributed by atoms with Crippen LogP contribution in [-0.4, -0.2) is 11.6 Å². The van der Waals surface area contributed by atoms with Crippen LogP contribution in [0.15, 0.2) is 0 Å². The molecule has 4 saturated carbocycles. The van der Waals surface area contributed by atoms with Crippen molar-refractivity contribution in [2.24, 2.45) is 40.9 Å². The van der Waals surface area contributed by atoms with Gasteiger partial charge in [0.05, 0.1) is 5.92 Å². The fourth-order valence-corrected chi connectivity index (χ4v) is 6.12. The second-order valence-corrected chi connectivity index (χ2v) is 8.30. The molecule has 4 fully saturated rings. The molecule has 4 aliphatic rings. The molecule has 0 saturated heterocycles. The Morgan fingerprint density at radius 3 is 2.42 bits per heavy atom. The number of carbonyl (C=O) groups is 1. The number of fused-ring (bicyclic) bond motifs is 1. The monoisotopic (exact) mass is 262 g/mol. The minimum Gasteiger partial charge on any atom is -0.458 e. The quantitative estimate of drug-likeness (QED) is 0.726. The minimum absolute atomic E-state index is 0.000325. The molecular weight excluding hydrogens is 236 g/mol. The molecule has 4 rings (SSSR count). The Balaban J connectivity index is 1.68. The first kappa shape index (κ1) is 12.2. The van der Waals surface area contributed by atoms with Gasteiger partial charge in [-0.25, -0.2) is 0 Å². The van der Waals surface area contributed by atoms with E-state index in [2.05, 4.69) is 13.8 Å². The highest BCUT2D eigenvalue weighted by Crippen LogP contribution is 2.84. The van der Waals surface area contributed by atoms with Crippen LogP contribution < -0.4 is 0 Å². The number of esters is 1. The Bertz CT molecular complexity index is 432. The van der Waals surface area contributed by atoms with Crippen LogP contribution >= 0.6 is 0 Å². The second-order valence-electron chi connectivity index (χ2n) is 8.30. The van der Waals surface area contributed by atoms with Crippen molar-refractivity contribution in [3.63, 3.8) is 0 Å². The molecule has 2 heteroatoms. The smallest absolute Gasteiger partial charge is 0.308 e.